The quantitative estimate of drug-likeness (QED) is 0.139. The summed E-state index contributed by atoms with van der Waals surface area (Å²) in [5.41, 5.74) is 1.67. The van der Waals surface area contributed by atoms with Gasteiger partial charge in [-0.3, -0.25) is 0 Å². The maximum atomic E-state index is 15.3. The Balaban J connectivity index is 1.51. The van der Waals surface area contributed by atoms with Crippen LogP contribution >= 0.6 is 0 Å². The Kier molecular flexibility index (Phi) is 8.97. The van der Waals surface area contributed by atoms with E-state index in [1.165, 1.54) is 30.3 Å². The molecule has 200 valence electrons. The minimum absolute atomic E-state index is 0.144. The number of unbranched alkanes of at least 4 members (excludes halogenated alkanes) is 3. The van der Waals surface area contributed by atoms with Crippen molar-refractivity contribution in [2.45, 2.75) is 58.5 Å². The lowest BCUT2D eigenvalue weighted by atomic mass is 9.95. The zero-order valence-electron chi connectivity index (χ0n) is 21.0. The van der Waals surface area contributed by atoms with Gasteiger partial charge < -0.3 is 4.74 Å². The average molecular weight is 531 g/mol. The van der Waals surface area contributed by atoms with Gasteiger partial charge in [0.15, 0.2) is 11.6 Å². The second-order valence-corrected chi connectivity index (χ2v) is 9.36. The Morgan fingerprint density at radius 2 is 1.42 bits per heavy atom. The van der Waals surface area contributed by atoms with Crippen molar-refractivity contribution in [2.24, 2.45) is 0 Å². The van der Waals surface area contributed by atoms with Gasteiger partial charge in [-0.2, -0.15) is 8.78 Å². The summed E-state index contributed by atoms with van der Waals surface area (Å²) < 4.78 is 87.8. The fraction of sp³-hybridized carbons (Fsp3) is 0.290. The number of alkyl halides is 2. The molecular weight excluding hydrogens is 502 g/mol. The molecule has 0 aromatic heterocycles. The van der Waals surface area contributed by atoms with Crippen LogP contribution in [0.2, 0.25) is 0 Å². The van der Waals surface area contributed by atoms with Crippen LogP contribution in [0.1, 0.15) is 49.3 Å². The van der Waals surface area contributed by atoms with Crippen molar-refractivity contribution in [2.75, 3.05) is 0 Å². The van der Waals surface area contributed by atoms with E-state index in [4.69, 9.17) is 0 Å². The third-order valence-electron chi connectivity index (χ3n) is 6.64. The van der Waals surface area contributed by atoms with Crippen molar-refractivity contribution in [3.8, 4) is 16.9 Å². The molecule has 7 heteroatoms. The van der Waals surface area contributed by atoms with E-state index in [-0.39, 0.29) is 18.4 Å². The number of ether oxygens (including phenoxy) is 1. The molecule has 0 saturated heterocycles. The molecule has 0 fully saturated rings. The van der Waals surface area contributed by atoms with Crippen LogP contribution in [-0.2, 0) is 19.3 Å². The maximum Gasteiger partial charge on any atom is 0.387 e. The van der Waals surface area contributed by atoms with Crippen molar-refractivity contribution < 1.29 is 31.1 Å². The van der Waals surface area contributed by atoms with Gasteiger partial charge in [-0.05, 0) is 83.7 Å². The molecular formula is C31H28F6O. The third-order valence-corrected chi connectivity index (χ3v) is 6.64. The third kappa shape index (κ3) is 6.50. The van der Waals surface area contributed by atoms with E-state index in [1.807, 2.05) is 0 Å². The standard InChI is InChI=1S/C31H28F6O/c1-2-3-4-5-6-20-16-26(33)29(27(34)17-20)23-12-13-24-22(18-23)11-10-21(30(24)35)9-7-19-8-14-28(25(32)15-19)38-31(36)37/h8,10-18,31H,2-7,9H2,1H3. The Bertz CT molecular complexity index is 1390. The van der Waals surface area contributed by atoms with Gasteiger partial charge >= 0.3 is 6.61 Å². The van der Waals surface area contributed by atoms with Crippen LogP contribution in [0.15, 0.2) is 60.7 Å². The highest BCUT2D eigenvalue weighted by atomic mass is 19.3. The summed E-state index contributed by atoms with van der Waals surface area (Å²) in [6, 6.07) is 14.2. The maximum absolute atomic E-state index is 15.3. The number of aryl methyl sites for hydroxylation is 3. The first-order chi connectivity index (χ1) is 18.3. The molecule has 0 aliphatic rings. The van der Waals surface area contributed by atoms with Crippen molar-refractivity contribution in [1.82, 2.24) is 0 Å². The van der Waals surface area contributed by atoms with Crippen LogP contribution in [0.25, 0.3) is 21.9 Å². The van der Waals surface area contributed by atoms with Gasteiger partial charge in [0.2, 0.25) is 0 Å². The lowest BCUT2D eigenvalue weighted by Gasteiger charge is -2.12. The summed E-state index contributed by atoms with van der Waals surface area (Å²) in [7, 11) is 0. The van der Waals surface area contributed by atoms with Crippen molar-refractivity contribution in [3.63, 3.8) is 0 Å². The zero-order chi connectivity index (χ0) is 27.2. The summed E-state index contributed by atoms with van der Waals surface area (Å²) in [6.07, 6.45) is 5.18. The van der Waals surface area contributed by atoms with Crippen LogP contribution in [0, 0.1) is 23.3 Å². The highest BCUT2D eigenvalue weighted by Gasteiger charge is 2.16. The van der Waals surface area contributed by atoms with Gasteiger partial charge in [0.05, 0.1) is 5.56 Å². The van der Waals surface area contributed by atoms with Crippen LogP contribution in [0.4, 0.5) is 26.3 Å². The molecule has 0 atom stereocenters. The van der Waals surface area contributed by atoms with Crippen molar-refractivity contribution >= 4 is 10.8 Å². The summed E-state index contributed by atoms with van der Waals surface area (Å²) in [4.78, 5) is 0. The summed E-state index contributed by atoms with van der Waals surface area (Å²) in [6.45, 7) is -1.03. The monoisotopic (exact) mass is 530 g/mol. The van der Waals surface area contributed by atoms with E-state index >= 15 is 4.39 Å². The van der Waals surface area contributed by atoms with Gasteiger partial charge in [-0.1, -0.05) is 56.5 Å². The first-order valence-electron chi connectivity index (χ1n) is 12.7. The van der Waals surface area contributed by atoms with E-state index in [2.05, 4.69) is 11.7 Å². The average Bonchev–Trinajstić information content (AvgIpc) is 2.87. The van der Waals surface area contributed by atoms with Gasteiger partial charge in [-0.15, -0.1) is 0 Å². The van der Waals surface area contributed by atoms with Crippen LogP contribution < -0.4 is 4.74 Å². The van der Waals surface area contributed by atoms with E-state index in [9.17, 15) is 22.0 Å². The summed E-state index contributed by atoms with van der Waals surface area (Å²) >= 11 is 0. The van der Waals surface area contributed by atoms with Crippen LogP contribution in [0.3, 0.4) is 0 Å². The first-order valence-corrected chi connectivity index (χ1v) is 12.7. The van der Waals surface area contributed by atoms with Crippen molar-refractivity contribution in [1.29, 1.82) is 0 Å². The fourth-order valence-electron chi connectivity index (χ4n) is 4.66. The lowest BCUT2D eigenvalue weighted by molar-refractivity contribution is -0.0522. The van der Waals surface area contributed by atoms with Gasteiger partial charge in [-0.25, -0.2) is 17.6 Å². The molecule has 0 bridgehead atoms. The second kappa shape index (κ2) is 12.4. The molecule has 4 aromatic rings. The molecule has 0 radical (unpaired) electrons. The highest BCUT2D eigenvalue weighted by molar-refractivity contribution is 5.88. The molecule has 4 rings (SSSR count). The molecule has 0 N–H and O–H groups in total. The number of halogens is 6. The molecule has 38 heavy (non-hydrogen) atoms. The Morgan fingerprint density at radius 1 is 0.684 bits per heavy atom. The second-order valence-electron chi connectivity index (χ2n) is 9.36. The number of benzene rings is 4. The molecule has 0 aliphatic heterocycles. The Morgan fingerprint density at radius 3 is 2.11 bits per heavy atom. The van der Waals surface area contributed by atoms with Crippen LogP contribution in [0.5, 0.6) is 5.75 Å². The Labute approximate surface area is 218 Å². The van der Waals surface area contributed by atoms with Gasteiger partial charge in [0.1, 0.15) is 17.5 Å². The smallest absolute Gasteiger partial charge is 0.387 e. The van der Waals surface area contributed by atoms with E-state index in [0.717, 1.165) is 37.8 Å². The molecule has 0 unspecified atom stereocenters. The summed E-state index contributed by atoms with van der Waals surface area (Å²) in [5.74, 6) is -3.24. The minimum atomic E-state index is -3.13. The first kappa shape index (κ1) is 27.6. The van der Waals surface area contributed by atoms with E-state index in [0.29, 0.717) is 39.4 Å². The molecule has 1 nitrogen and oxygen atoms in total. The Hall–Kier alpha value is -3.48. The van der Waals surface area contributed by atoms with E-state index < -0.39 is 35.6 Å². The van der Waals surface area contributed by atoms with Crippen molar-refractivity contribution in [3.05, 3.63) is 101 Å². The molecule has 4 aromatic carbocycles. The van der Waals surface area contributed by atoms with Crippen LogP contribution in [-0.4, -0.2) is 6.61 Å². The normalized spacial score (nSPS) is 11.5. The minimum Gasteiger partial charge on any atom is -0.432 e. The van der Waals surface area contributed by atoms with Gasteiger partial charge in [0, 0.05) is 5.39 Å². The lowest BCUT2D eigenvalue weighted by Crippen LogP contribution is -2.04. The molecule has 0 heterocycles. The molecule has 0 amide bonds. The fourth-order valence-corrected chi connectivity index (χ4v) is 4.66. The highest BCUT2D eigenvalue weighted by Crippen LogP contribution is 2.32. The predicted molar refractivity (Wildman–Crippen MR) is 138 cm³/mol. The number of rotatable bonds is 11. The number of hydrogen-bond acceptors (Lipinski definition) is 1. The zero-order valence-corrected chi connectivity index (χ0v) is 21.0. The summed E-state index contributed by atoms with van der Waals surface area (Å²) in [5, 5.41) is 0.789. The van der Waals surface area contributed by atoms with Gasteiger partial charge in [0.25, 0.3) is 0 Å². The largest absolute Gasteiger partial charge is 0.432 e. The number of fused-ring (bicyclic) bond motifs is 1. The predicted octanol–water partition coefficient (Wildman–Crippen LogP) is 9.57. The topological polar surface area (TPSA) is 9.23 Å². The SMILES string of the molecule is CCCCCCc1cc(F)c(-c2ccc3c(F)c(CCc4ccc(OC(F)F)c(F)c4)ccc3c2)c(F)c1. The number of hydrogen-bond donors (Lipinski definition) is 0. The molecule has 0 spiro atoms. The molecule has 0 aliphatic carbocycles. The van der Waals surface area contributed by atoms with E-state index in [1.54, 1.807) is 18.2 Å². The molecule has 0 saturated carbocycles.